The van der Waals surface area contributed by atoms with Gasteiger partial charge in [-0.3, -0.25) is 4.79 Å². The van der Waals surface area contributed by atoms with Gasteiger partial charge in [0, 0.05) is 28.7 Å². The molecular weight excluding hydrogens is 352 g/mol. The van der Waals surface area contributed by atoms with Crippen LogP contribution in [0.1, 0.15) is 37.7 Å². The lowest BCUT2D eigenvalue weighted by Crippen LogP contribution is -2.39. The first-order valence-corrected chi connectivity index (χ1v) is 8.22. The lowest BCUT2D eigenvalue weighted by molar-refractivity contribution is -0.117. The molecule has 2 aliphatic rings. The minimum atomic E-state index is 0. The monoisotopic (exact) mass is 372 g/mol. The molecule has 2 N–H and O–H groups in total. The molecule has 0 saturated carbocycles. The van der Waals surface area contributed by atoms with Crippen molar-refractivity contribution in [3.8, 4) is 0 Å². The largest absolute Gasteiger partial charge is 0.326 e. The van der Waals surface area contributed by atoms with Crippen molar-refractivity contribution >= 4 is 39.9 Å². The summed E-state index contributed by atoms with van der Waals surface area (Å²) in [4.78, 5) is 12.2. The number of carbonyl (C=O) groups excluding carboxylic acids is 1. The summed E-state index contributed by atoms with van der Waals surface area (Å²) in [6.07, 6.45) is 5.53. The van der Waals surface area contributed by atoms with Crippen LogP contribution in [0.3, 0.4) is 0 Å². The highest BCUT2D eigenvalue weighted by atomic mass is 79.9. The van der Waals surface area contributed by atoms with Crippen molar-refractivity contribution in [3.63, 3.8) is 0 Å². The van der Waals surface area contributed by atoms with E-state index in [1.165, 1.54) is 12.8 Å². The Morgan fingerprint density at radius 1 is 1.33 bits per heavy atom. The van der Waals surface area contributed by atoms with E-state index >= 15 is 0 Å². The Hall–Kier alpha value is -0.580. The van der Waals surface area contributed by atoms with Gasteiger partial charge in [0.15, 0.2) is 0 Å². The molecule has 3 nitrogen and oxygen atoms in total. The number of nitrogens with one attached hydrogen (secondary N) is 2. The zero-order chi connectivity index (χ0) is 14.1. The molecule has 1 aromatic rings. The highest BCUT2D eigenvalue weighted by molar-refractivity contribution is 9.10. The first kappa shape index (κ1) is 16.8. The maximum absolute atomic E-state index is 12.2. The third kappa shape index (κ3) is 3.99. The van der Waals surface area contributed by atoms with Crippen molar-refractivity contribution in [2.75, 3.05) is 5.32 Å². The second kappa shape index (κ2) is 7.12. The van der Waals surface area contributed by atoms with Crippen molar-refractivity contribution in [3.05, 3.63) is 28.2 Å². The predicted molar refractivity (Wildman–Crippen MR) is 92.0 cm³/mol. The first-order chi connectivity index (χ1) is 9.61. The molecule has 0 aromatic heterocycles. The summed E-state index contributed by atoms with van der Waals surface area (Å²) < 4.78 is 1.04. The van der Waals surface area contributed by atoms with Gasteiger partial charge in [0.1, 0.15) is 0 Å². The fourth-order valence-electron chi connectivity index (χ4n) is 3.55. The van der Waals surface area contributed by atoms with Crippen LogP contribution in [0.2, 0.25) is 0 Å². The Kier molecular flexibility index (Phi) is 5.69. The quantitative estimate of drug-likeness (QED) is 0.839. The third-order valence-electron chi connectivity index (χ3n) is 4.59. The molecule has 3 rings (SSSR count). The van der Waals surface area contributed by atoms with Gasteiger partial charge in [-0.05, 0) is 56.2 Å². The maximum atomic E-state index is 12.2. The van der Waals surface area contributed by atoms with Crippen molar-refractivity contribution in [1.29, 1.82) is 0 Å². The second-order valence-corrected chi connectivity index (χ2v) is 6.99. The number of hydrogen-bond acceptors (Lipinski definition) is 2. The topological polar surface area (TPSA) is 41.1 Å². The molecule has 2 aliphatic heterocycles. The first-order valence-electron chi connectivity index (χ1n) is 7.43. The molecule has 116 valence electrons. The smallest absolute Gasteiger partial charge is 0.224 e. The van der Waals surface area contributed by atoms with Crippen LogP contribution >= 0.6 is 28.3 Å². The van der Waals surface area contributed by atoms with E-state index in [1.54, 1.807) is 0 Å². The Morgan fingerprint density at radius 3 is 2.67 bits per heavy atom. The third-order valence-corrected chi connectivity index (χ3v) is 5.45. The number of benzene rings is 1. The lowest BCUT2D eigenvalue weighted by atomic mass is 9.89. The molecular formula is C16H22BrClN2O. The number of rotatable bonds is 3. The van der Waals surface area contributed by atoms with Crippen molar-refractivity contribution in [1.82, 2.24) is 5.32 Å². The number of carbonyl (C=O) groups is 1. The van der Waals surface area contributed by atoms with Crippen LogP contribution in [-0.4, -0.2) is 18.0 Å². The average molecular weight is 374 g/mol. The summed E-state index contributed by atoms with van der Waals surface area (Å²) >= 11 is 3.50. The Bertz CT molecular complexity index is 511. The second-order valence-electron chi connectivity index (χ2n) is 6.14. The summed E-state index contributed by atoms with van der Waals surface area (Å²) in [7, 11) is 0. The normalized spacial score (nSPS) is 27.0. The van der Waals surface area contributed by atoms with Crippen molar-refractivity contribution in [2.45, 2.75) is 51.1 Å². The van der Waals surface area contributed by atoms with Gasteiger partial charge in [0.25, 0.3) is 0 Å². The number of anilines is 1. The molecule has 2 fully saturated rings. The molecule has 5 heteroatoms. The van der Waals surface area contributed by atoms with Crippen LogP contribution < -0.4 is 10.6 Å². The van der Waals surface area contributed by atoms with Crippen molar-refractivity contribution in [2.24, 2.45) is 5.92 Å². The molecule has 2 heterocycles. The van der Waals surface area contributed by atoms with E-state index in [-0.39, 0.29) is 18.3 Å². The fourth-order valence-corrected chi connectivity index (χ4v) is 3.91. The Morgan fingerprint density at radius 2 is 2.00 bits per heavy atom. The van der Waals surface area contributed by atoms with Crippen LogP contribution in [-0.2, 0) is 4.79 Å². The minimum absolute atomic E-state index is 0. The zero-order valence-electron chi connectivity index (χ0n) is 12.2. The van der Waals surface area contributed by atoms with Gasteiger partial charge in [0.05, 0.1) is 0 Å². The van der Waals surface area contributed by atoms with E-state index < -0.39 is 0 Å². The van der Waals surface area contributed by atoms with E-state index in [9.17, 15) is 4.79 Å². The molecule has 0 radical (unpaired) electrons. The average Bonchev–Trinajstić information content (AvgIpc) is 2.74. The van der Waals surface area contributed by atoms with Crippen LogP contribution in [0.15, 0.2) is 22.7 Å². The van der Waals surface area contributed by atoms with Crippen LogP contribution in [0.5, 0.6) is 0 Å². The predicted octanol–water partition coefficient (Wildman–Crippen LogP) is 4.04. The summed E-state index contributed by atoms with van der Waals surface area (Å²) in [5.74, 6) is 0.693. The summed E-state index contributed by atoms with van der Waals surface area (Å²) in [5.41, 5.74) is 2.01. The molecule has 2 atom stereocenters. The highest BCUT2D eigenvalue weighted by Gasteiger charge is 2.34. The maximum Gasteiger partial charge on any atom is 0.224 e. The molecule has 1 aromatic carbocycles. The Balaban J connectivity index is 0.00000161. The highest BCUT2D eigenvalue weighted by Crippen LogP contribution is 2.33. The van der Waals surface area contributed by atoms with Crippen LogP contribution in [0, 0.1) is 12.8 Å². The van der Waals surface area contributed by atoms with E-state index in [0.29, 0.717) is 24.4 Å². The standard InChI is InChI=1S/C16H21BrN2O.ClH/c1-10-14(17)3-2-4-15(10)19-16(20)9-11-7-12-5-6-13(8-11)18-12;/h2-4,11-13,18H,5-9H2,1H3,(H,19,20);1H. The summed E-state index contributed by atoms with van der Waals surface area (Å²) in [5, 5.41) is 6.68. The summed E-state index contributed by atoms with van der Waals surface area (Å²) in [6, 6.07) is 7.22. The van der Waals surface area contributed by atoms with Gasteiger partial charge >= 0.3 is 0 Å². The number of hydrogen-bond donors (Lipinski definition) is 2. The van der Waals surface area contributed by atoms with Gasteiger partial charge in [-0.15, -0.1) is 12.4 Å². The number of halogens is 2. The number of fused-ring (bicyclic) bond motifs is 2. The van der Waals surface area contributed by atoms with E-state index in [2.05, 4.69) is 26.6 Å². The van der Waals surface area contributed by atoms with Crippen LogP contribution in [0.4, 0.5) is 5.69 Å². The molecule has 2 saturated heterocycles. The SMILES string of the molecule is Cc1c(Br)cccc1NC(=O)CC1CC2CCC(C1)N2.Cl. The number of amides is 1. The zero-order valence-corrected chi connectivity index (χ0v) is 14.6. The van der Waals surface area contributed by atoms with Gasteiger partial charge in [-0.25, -0.2) is 0 Å². The molecule has 0 aliphatic carbocycles. The van der Waals surface area contributed by atoms with E-state index in [1.807, 2.05) is 25.1 Å². The minimum Gasteiger partial charge on any atom is -0.326 e. The van der Waals surface area contributed by atoms with Gasteiger partial charge in [-0.2, -0.15) is 0 Å². The van der Waals surface area contributed by atoms with Gasteiger partial charge < -0.3 is 10.6 Å². The molecule has 21 heavy (non-hydrogen) atoms. The van der Waals surface area contributed by atoms with Crippen molar-refractivity contribution < 1.29 is 4.79 Å². The molecule has 2 bridgehead atoms. The number of piperidine rings is 1. The Labute approximate surface area is 140 Å². The molecule has 2 unspecified atom stereocenters. The molecule has 0 spiro atoms. The molecule has 1 amide bonds. The van der Waals surface area contributed by atoms with Crippen LogP contribution in [0.25, 0.3) is 0 Å². The summed E-state index contributed by atoms with van der Waals surface area (Å²) in [6.45, 7) is 2.02. The van der Waals surface area contributed by atoms with E-state index in [0.717, 1.165) is 28.6 Å². The van der Waals surface area contributed by atoms with Gasteiger partial charge in [0.2, 0.25) is 5.91 Å². The lowest BCUT2D eigenvalue weighted by Gasteiger charge is -2.28. The fraction of sp³-hybridized carbons (Fsp3) is 0.562. The van der Waals surface area contributed by atoms with Gasteiger partial charge in [-0.1, -0.05) is 22.0 Å². The van der Waals surface area contributed by atoms with E-state index in [4.69, 9.17) is 0 Å².